The minimum absolute atomic E-state index is 1.02. The highest BCUT2D eigenvalue weighted by molar-refractivity contribution is 5.71. The standard InChI is InChI=1S/C28H38/c1-3-5-7-9-11-13-19-25-21-15-17-23-27(25)28-24-18-16-22-26(28)20-14-12-10-8-6-4-2/h11-18,21-24H,3-10,19-20H2,1-2H3/b13-11-,14-12-. The van der Waals surface area contributed by atoms with Crippen molar-refractivity contribution in [2.45, 2.75) is 78.1 Å². The molecule has 0 aromatic heterocycles. The van der Waals surface area contributed by atoms with Crippen molar-refractivity contribution in [1.29, 1.82) is 0 Å². The Morgan fingerprint density at radius 2 is 0.964 bits per heavy atom. The van der Waals surface area contributed by atoms with E-state index in [-0.39, 0.29) is 0 Å². The van der Waals surface area contributed by atoms with Crippen LogP contribution in [0.25, 0.3) is 11.1 Å². The van der Waals surface area contributed by atoms with Crippen molar-refractivity contribution < 1.29 is 0 Å². The summed E-state index contributed by atoms with van der Waals surface area (Å²) in [4.78, 5) is 0. The molecule has 0 unspecified atom stereocenters. The molecule has 2 rings (SSSR count). The number of hydrogen-bond acceptors (Lipinski definition) is 0. The first-order valence-electron chi connectivity index (χ1n) is 11.3. The van der Waals surface area contributed by atoms with Gasteiger partial charge in [0.2, 0.25) is 0 Å². The van der Waals surface area contributed by atoms with Crippen molar-refractivity contribution in [3.63, 3.8) is 0 Å². The van der Waals surface area contributed by atoms with Crippen molar-refractivity contribution >= 4 is 0 Å². The summed E-state index contributed by atoms with van der Waals surface area (Å²) >= 11 is 0. The maximum Gasteiger partial charge on any atom is -0.00913 e. The molecule has 0 atom stereocenters. The summed E-state index contributed by atoms with van der Waals surface area (Å²) < 4.78 is 0. The first kappa shape index (κ1) is 22.2. The molecule has 0 N–H and O–H groups in total. The number of hydrogen-bond donors (Lipinski definition) is 0. The predicted molar refractivity (Wildman–Crippen MR) is 126 cm³/mol. The van der Waals surface area contributed by atoms with Crippen molar-refractivity contribution in [3.8, 4) is 11.1 Å². The van der Waals surface area contributed by atoms with E-state index in [0.29, 0.717) is 0 Å². The van der Waals surface area contributed by atoms with E-state index in [1.165, 1.54) is 73.6 Å². The number of benzene rings is 2. The normalized spacial score (nSPS) is 11.6. The fraction of sp³-hybridized carbons (Fsp3) is 0.429. The van der Waals surface area contributed by atoms with Gasteiger partial charge in [-0.1, -0.05) is 112 Å². The Balaban J connectivity index is 2.06. The number of allylic oxidation sites excluding steroid dienone is 4. The van der Waals surface area contributed by atoms with Crippen LogP contribution in [0, 0.1) is 0 Å². The molecule has 0 saturated carbocycles. The Labute approximate surface area is 173 Å². The average molecular weight is 375 g/mol. The SMILES string of the molecule is CCCCC/C=C\Cc1ccccc1-c1ccccc1C/C=C\CCCCC. The lowest BCUT2D eigenvalue weighted by Gasteiger charge is -2.12. The Hall–Kier alpha value is -2.08. The second kappa shape index (κ2) is 14.0. The minimum Gasteiger partial charge on any atom is -0.0882 e. The molecule has 0 saturated heterocycles. The van der Waals surface area contributed by atoms with Crippen molar-refractivity contribution in [3.05, 3.63) is 84.0 Å². The minimum atomic E-state index is 1.02. The van der Waals surface area contributed by atoms with Gasteiger partial charge >= 0.3 is 0 Å². The Morgan fingerprint density at radius 1 is 0.536 bits per heavy atom. The van der Waals surface area contributed by atoms with Crippen LogP contribution in [-0.2, 0) is 12.8 Å². The molecule has 0 aliphatic carbocycles. The van der Waals surface area contributed by atoms with Gasteiger partial charge in [0.25, 0.3) is 0 Å². The molecular weight excluding hydrogens is 336 g/mol. The molecule has 0 heteroatoms. The van der Waals surface area contributed by atoms with Gasteiger partial charge in [-0.15, -0.1) is 0 Å². The first-order chi connectivity index (χ1) is 13.9. The highest BCUT2D eigenvalue weighted by Gasteiger charge is 2.07. The smallest absolute Gasteiger partial charge is 0.00913 e. The van der Waals surface area contributed by atoms with Crippen molar-refractivity contribution in [1.82, 2.24) is 0 Å². The Kier molecular flexibility index (Phi) is 11.1. The van der Waals surface area contributed by atoms with Gasteiger partial charge in [0.1, 0.15) is 0 Å². The molecule has 0 fully saturated rings. The highest BCUT2D eigenvalue weighted by atomic mass is 14.1. The van der Waals surface area contributed by atoms with E-state index in [9.17, 15) is 0 Å². The molecule has 0 radical (unpaired) electrons. The molecule has 0 heterocycles. The van der Waals surface area contributed by atoms with Crippen LogP contribution in [0.4, 0.5) is 0 Å². The van der Waals surface area contributed by atoms with Crippen LogP contribution in [0.2, 0.25) is 0 Å². The summed E-state index contributed by atoms with van der Waals surface area (Å²) in [5.74, 6) is 0. The Bertz CT molecular complexity index is 657. The van der Waals surface area contributed by atoms with E-state index in [4.69, 9.17) is 0 Å². The Morgan fingerprint density at radius 3 is 1.39 bits per heavy atom. The average Bonchev–Trinajstić information content (AvgIpc) is 2.74. The lowest BCUT2D eigenvalue weighted by molar-refractivity contribution is 0.728. The molecule has 2 aromatic carbocycles. The van der Waals surface area contributed by atoms with E-state index in [2.05, 4.69) is 86.7 Å². The summed E-state index contributed by atoms with van der Waals surface area (Å²) in [5, 5.41) is 0. The van der Waals surface area contributed by atoms with Gasteiger partial charge in [-0.2, -0.15) is 0 Å². The van der Waals surface area contributed by atoms with Crippen molar-refractivity contribution in [2.75, 3.05) is 0 Å². The van der Waals surface area contributed by atoms with Crippen LogP contribution >= 0.6 is 0 Å². The quantitative estimate of drug-likeness (QED) is 0.243. The van der Waals surface area contributed by atoms with Gasteiger partial charge in [-0.3, -0.25) is 0 Å². The maximum atomic E-state index is 2.36. The molecule has 0 spiro atoms. The third kappa shape index (κ3) is 7.89. The number of rotatable bonds is 13. The summed E-state index contributed by atoms with van der Waals surface area (Å²) in [5.41, 5.74) is 5.62. The first-order valence-corrected chi connectivity index (χ1v) is 11.3. The van der Waals surface area contributed by atoms with Crippen LogP contribution in [0.5, 0.6) is 0 Å². The van der Waals surface area contributed by atoms with Crippen LogP contribution in [-0.4, -0.2) is 0 Å². The van der Waals surface area contributed by atoms with Gasteiger partial charge in [-0.05, 0) is 60.8 Å². The lowest BCUT2D eigenvalue weighted by atomic mass is 9.92. The second-order valence-electron chi connectivity index (χ2n) is 7.66. The molecule has 0 amide bonds. The summed E-state index contributed by atoms with van der Waals surface area (Å²) in [7, 11) is 0. The zero-order valence-electron chi connectivity index (χ0n) is 18.0. The molecule has 0 aliphatic heterocycles. The van der Waals surface area contributed by atoms with Gasteiger partial charge in [-0.25, -0.2) is 0 Å². The van der Waals surface area contributed by atoms with E-state index >= 15 is 0 Å². The summed E-state index contributed by atoms with van der Waals surface area (Å²) in [6, 6.07) is 17.8. The van der Waals surface area contributed by atoms with Crippen LogP contribution in [0.1, 0.15) is 76.3 Å². The third-order valence-electron chi connectivity index (χ3n) is 5.28. The molecule has 0 nitrogen and oxygen atoms in total. The molecule has 0 aliphatic rings. The van der Waals surface area contributed by atoms with E-state index in [1.54, 1.807) is 0 Å². The zero-order valence-corrected chi connectivity index (χ0v) is 18.0. The second-order valence-corrected chi connectivity index (χ2v) is 7.66. The summed E-state index contributed by atoms with van der Waals surface area (Å²) in [6.07, 6.45) is 21.7. The van der Waals surface area contributed by atoms with Gasteiger partial charge in [0.05, 0.1) is 0 Å². The van der Waals surface area contributed by atoms with Gasteiger partial charge in [0.15, 0.2) is 0 Å². The molecule has 2 aromatic rings. The fourth-order valence-electron chi connectivity index (χ4n) is 3.60. The molecule has 0 bridgehead atoms. The lowest BCUT2D eigenvalue weighted by Crippen LogP contribution is -1.93. The topological polar surface area (TPSA) is 0 Å². The van der Waals surface area contributed by atoms with Crippen molar-refractivity contribution in [2.24, 2.45) is 0 Å². The number of unbranched alkanes of at least 4 members (excludes halogenated alkanes) is 6. The van der Waals surface area contributed by atoms with E-state index in [0.717, 1.165) is 12.8 Å². The maximum absolute atomic E-state index is 2.36. The third-order valence-corrected chi connectivity index (χ3v) is 5.28. The van der Waals surface area contributed by atoms with E-state index in [1.807, 2.05) is 0 Å². The molecule has 150 valence electrons. The monoisotopic (exact) mass is 374 g/mol. The van der Waals surface area contributed by atoms with E-state index < -0.39 is 0 Å². The predicted octanol–water partition coefficient (Wildman–Crippen LogP) is 8.71. The van der Waals surface area contributed by atoms with Crippen LogP contribution < -0.4 is 0 Å². The highest BCUT2D eigenvalue weighted by Crippen LogP contribution is 2.28. The molecular formula is C28H38. The molecule has 28 heavy (non-hydrogen) atoms. The van der Waals surface area contributed by atoms with Crippen LogP contribution in [0.3, 0.4) is 0 Å². The van der Waals surface area contributed by atoms with Crippen LogP contribution in [0.15, 0.2) is 72.8 Å². The fourth-order valence-corrected chi connectivity index (χ4v) is 3.60. The zero-order chi connectivity index (χ0) is 19.9. The van der Waals surface area contributed by atoms with Gasteiger partial charge < -0.3 is 0 Å². The summed E-state index contributed by atoms with van der Waals surface area (Å²) in [6.45, 7) is 4.52. The largest absolute Gasteiger partial charge is 0.0882 e. The van der Waals surface area contributed by atoms with Gasteiger partial charge in [0, 0.05) is 0 Å².